The van der Waals surface area contributed by atoms with Gasteiger partial charge in [0.25, 0.3) is 5.91 Å². The highest BCUT2D eigenvalue weighted by molar-refractivity contribution is 5.85. The molecule has 1 aromatic heterocycles. The summed E-state index contributed by atoms with van der Waals surface area (Å²) in [7, 11) is 0. The molecule has 1 aromatic rings. The van der Waals surface area contributed by atoms with Crippen LogP contribution in [0.5, 0.6) is 0 Å². The van der Waals surface area contributed by atoms with Crippen molar-refractivity contribution in [1.82, 2.24) is 10.2 Å². The normalized spacial score (nSPS) is 29.5. The Morgan fingerprint density at radius 3 is 2.76 bits per heavy atom. The number of carbonyl (C=O) groups excluding carboxylic acids is 1. The van der Waals surface area contributed by atoms with E-state index >= 15 is 0 Å². The van der Waals surface area contributed by atoms with Gasteiger partial charge in [-0.25, -0.2) is 0 Å². The molecule has 1 aliphatic rings. The van der Waals surface area contributed by atoms with Gasteiger partial charge in [0.05, 0.1) is 6.20 Å². The summed E-state index contributed by atoms with van der Waals surface area (Å²) in [6, 6.07) is 0. The first-order valence-electron chi connectivity index (χ1n) is 4.90. The second kappa shape index (κ2) is 3.73. The maximum Gasteiger partial charge on any atom is 0.414 e. The molecule has 0 spiro atoms. The Balaban J connectivity index is 2.32. The van der Waals surface area contributed by atoms with E-state index in [-0.39, 0.29) is 18.4 Å². The van der Waals surface area contributed by atoms with Crippen LogP contribution in [0.25, 0.3) is 0 Å². The number of halogens is 3. The van der Waals surface area contributed by atoms with Gasteiger partial charge in [0, 0.05) is 11.8 Å². The van der Waals surface area contributed by atoms with E-state index in [0.29, 0.717) is 0 Å². The van der Waals surface area contributed by atoms with Gasteiger partial charge in [0.1, 0.15) is 0 Å². The highest BCUT2D eigenvalue weighted by atomic mass is 19.4. The van der Waals surface area contributed by atoms with Gasteiger partial charge in [0.15, 0.2) is 11.7 Å². The van der Waals surface area contributed by atoms with E-state index in [0.717, 1.165) is 0 Å². The van der Waals surface area contributed by atoms with E-state index in [1.165, 1.54) is 12.4 Å². The van der Waals surface area contributed by atoms with E-state index in [1.54, 1.807) is 0 Å². The zero-order valence-corrected chi connectivity index (χ0v) is 8.62. The molecule has 0 bridgehead atoms. The lowest BCUT2D eigenvalue weighted by Gasteiger charge is -2.25. The molecule has 8 heteroatoms. The molecule has 5 nitrogen and oxygen atoms in total. The SMILES string of the molecule is NC(=O)C1(c2cn[nH]c2)CCC(C(F)(F)F)O1. The summed E-state index contributed by atoms with van der Waals surface area (Å²) in [6.45, 7) is 0. The van der Waals surface area contributed by atoms with Gasteiger partial charge in [-0.2, -0.15) is 18.3 Å². The van der Waals surface area contributed by atoms with Gasteiger partial charge in [0.2, 0.25) is 0 Å². The number of H-pyrrole nitrogens is 1. The monoisotopic (exact) mass is 249 g/mol. The molecule has 2 atom stereocenters. The molecule has 0 aliphatic carbocycles. The van der Waals surface area contributed by atoms with Crippen LogP contribution in [0.4, 0.5) is 13.2 Å². The molecule has 1 aliphatic heterocycles. The average Bonchev–Trinajstić information content (AvgIpc) is 2.86. The summed E-state index contributed by atoms with van der Waals surface area (Å²) in [5.74, 6) is -0.939. The molecule has 1 amide bonds. The standard InChI is InChI=1S/C9H10F3N3O2/c10-9(11,12)6-1-2-8(17-6,7(13)16)5-3-14-15-4-5/h3-4,6H,1-2H2,(H2,13,16)(H,14,15). The number of nitrogens with one attached hydrogen (secondary N) is 1. The van der Waals surface area contributed by atoms with Gasteiger partial charge in [-0.3, -0.25) is 9.89 Å². The topological polar surface area (TPSA) is 81.0 Å². The molecule has 0 saturated carbocycles. The summed E-state index contributed by atoms with van der Waals surface area (Å²) >= 11 is 0. The van der Waals surface area contributed by atoms with Crippen molar-refractivity contribution < 1.29 is 22.7 Å². The second-order valence-corrected chi connectivity index (χ2v) is 3.87. The number of nitrogens with zero attached hydrogens (tertiary/aromatic N) is 1. The molecule has 2 unspecified atom stereocenters. The molecule has 3 N–H and O–H groups in total. The minimum Gasteiger partial charge on any atom is -0.367 e. The fourth-order valence-corrected chi connectivity index (χ4v) is 1.93. The van der Waals surface area contributed by atoms with E-state index in [4.69, 9.17) is 10.5 Å². The quantitative estimate of drug-likeness (QED) is 0.814. The third kappa shape index (κ3) is 1.88. The van der Waals surface area contributed by atoms with E-state index in [9.17, 15) is 18.0 Å². The Morgan fingerprint density at radius 2 is 2.35 bits per heavy atom. The summed E-state index contributed by atoms with van der Waals surface area (Å²) in [5.41, 5.74) is 3.65. The highest BCUT2D eigenvalue weighted by Gasteiger charge is 2.55. The van der Waals surface area contributed by atoms with E-state index in [1.807, 2.05) is 0 Å². The van der Waals surface area contributed by atoms with Crippen LogP contribution in [0.2, 0.25) is 0 Å². The zero-order valence-electron chi connectivity index (χ0n) is 8.62. The lowest BCUT2D eigenvalue weighted by molar-refractivity contribution is -0.229. The first-order valence-corrected chi connectivity index (χ1v) is 4.90. The number of hydrogen-bond acceptors (Lipinski definition) is 3. The van der Waals surface area contributed by atoms with Gasteiger partial charge in [-0.05, 0) is 12.8 Å². The summed E-state index contributed by atoms with van der Waals surface area (Å²) < 4.78 is 42.4. The predicted molar refractivity (Wildman–Crippen MR) is 49.6 cm³/mol. The van der Waals surface area contributed by atoms with Gasteiger partial charge < -0.3 is 10.5 Å². The van der Waals surface area contributed by atoms with Crippen molar-refractivity contribution in [3.05, 3.63) is 18.0 Å². The fraction of sp³-hybridized carbons (Fsp3) is 0.556. The lowest BCUT2D eigenvalue weighted by Crippen LogP contribution is -2.43. The molecule has 1 saturated heterocycles. The van der Waals surface area contributed by atoms with Crippen molar-refractivity contribution in [2.45, 2.75) is 30.7 Å². The van der Waals surface area contributed by atoms with Crippen molar-refractivity contribution in [2.75, 3.05) is 0 Å². The number of carbonyl (C=O) groups is 1. The first kappa shape index (κ1) is 11.9. The summed E-state index contributed by atoms with van der Waals surface area (Å²) in [4.78, 5) is 11.4. The van der Waals surface area contributed by atoms with Gasteiger partial charge in [-0.15, -0.1) is 0 Å². The molecule has 2 rings (SSSR count). The van der Waals surface area contributed by atoms with E-state index < -0.39 is 23.8 Å². The fourth-order valence-electron chi connectivity index (χ4n) is 1.93. The number of primary amides is 1. The van der Waals surface area contributed by atoms with Gasteiger partial charge in [-0.1, -0.05) is 0 Å². The molecule has 0 aromatic carbocycles. The Morgan fingerprint density at radius 1 is 1.65 bits per heavy atom. The van der Waals surface area contributed by atoms with Crippen molar-refractivity contribution in [2.24, 2.45) is 5.73 Å². The number of amides is 1. The predicted octanol–water partition coefficient (Wildman–Crippen LogP) is 0.832. The van der Waals surface area contributed by atoms with Crippen LogP contribution >= 0.6 is 0 Å². The average molecular weight is 249 g/mol. The molecular formula is C9H10F3N3O2. The maximum atomic E-state index is 12.5. The first-order chi connectivity index (χ1) is 7.86. The largest absolute Gasteiger partial charge is 0.414 e. The number of aromatic nitrogens is 2. The van der Waals surface area contributed by atoms with Crippen LogP contribution in [0.1, 0.15) is 18.4 Å². The minimum atomic E-state index is -4.50. The number of nitrogens with two attached hydrogens (primary N) is 1. The highest BCUT2D eigenvalue weighted by Crippen LogP contribution is 2.44. The molecule has 94 valence electrons. The number of aromatic amines is 1. The number of rotatable bonds is 2. The Kier molecular flexibility index (Phi) is 2.61. The molecule has 2 heterocycles. The second-order valence-electron chi connectivity index (χ2n) is 3.87. The Bertz CT molecular complexity index is 418. The third-order valence-corrected chi connectivity index (χ3v) is 2.83. The van der Waals surface area contributed by atoms with E-state index in [2.05, 4.69) is 10.2 Å². The molecule has 17 heavy (non-hydrogen) atoms. The van der Waals surface area contributed by atoms with Crippen LogP contribution in [-0.2, 0) is 15.1 Å². The summed E-state index contributed by atoms with van der Waals surface area (Å²) in [6.07, 6.45) is -4.32. The van der Waals surface area contributed by atoms with Crippen LogP contribution in [0.3, 0.4) is 0 Å². The number of alkyl halides is 3. The third-order valence-electron chi connectivity index (χ3n) is 2.83. The lowest BCUT2D eigenvalue weighted by atomic mass is 9.92. The summed E-state index contributed by atoms with van der Waals surface area (Å²) in [5, 5.41) is 6.01. The van der Waals surface area contributed by atoms with Crippen LogP contribution in [-0.4, -0.2) is 28.4 Å². The Hall–Kier alpha value is -1.57. The number of hydrogen-bond donors (Lipinski definition) is 2. The number of ether oxygens (including phenoxy) is 1. The molecular weight excluding hydrogens is 239 g/mol. The van der Waals surface area contributed by atoms with Crippen LogP contribution < -0.4 is 5.73 Å². The smallest absolute Gasteiger partial charge is 0.367 e. The van der Waals surface area contributed by atoms with Crippen LogP contribution in [0, 0.1) is 0 Å². The van der Waals surface area contributed by atoms with Crippen LogP contribution in [0.15, 0.2) is 12.4 Å². The molecule has 0 radical (unpaired) electrons. The molecule has 1 fully saturated rings. The maximum absolute atomic E-state index is 12.5. The van der Waals surface area contributed by atoms with Gasteiger partial charge >= 0.3 is 6.18 Å². The minimum absolute atomic E-state index is 0.105. The van der Waals surface area contributed by atoms with Crippen molar-refractivity contribution >= 4 is 5.91 Å². The van der Waals surface area contributed by atoms with Crippen molar-refractivity contribution in [1.29, 1.82) is 0 Å². The van der Waals surface area contributed by atoms with Crippen molar-refractivity contribution in [3.8, 4) is 0 Å². The van der Waals surface area contributed by atoms with Crippen molar-refractivity contribution in [3.63, 3.8) is 0 Å². The Labute approximate surface area is 94.1 Å². The zero-order chi connectivity index (χ0) is 12.7.